The molecule has 7 N–H and O–H groups in total. The summed E-state index contributed by atoms with van der Waals surface area (Å²) in [6.45, 7) is -10.9. The number of halogens is 2. The lowest BCUT2D eigenvalue weighted by Crippen LogP contribution is -2.43. The predicted octanol–water partition coefficient (Wildman–Crippen LogP) is -0.596. The average molecular weight is 703 g/mol. The van der Waals surface area contributed by atoms with Gasteiger partial charge in [-0.15, -0.1) is 0 Å². The van der Waals surface area contributed by atoms with Crippen LogP contribution in [0.5, 0.6) is 0 Å². The molecule has 0 aromatic carbocycles. The Labute approximate surface area is 253 Å². The number of nitrogen functional groups attached to an aromatic ring is 2. The van der Waals surface area contributed by atoms with Crippen LogP contribution in [0, 0.1) is 0 Å². The summed E-state index contributed by atoms with van der Waals surface area (Å²) in [5.74, 6) is -4.60. The summed E-state index contributed by atoms with van der Waals surface area (Å²) < 4.78 is 78.8. The number of nitrogens with one attached hydrogen (secondary N) is 1. The summed E-state index contributed by atoms with van der Waals surface area (Å²) in [4.78, 5) is 49.0. The number of ether oxygens (including phenoxy) is 2. The number of aromatic amines is 1. The molecule has 44 heavy (non-hydrogen) atoms. The first kappa shape index (κ1) is 31.6. The first-order valence-electron chi connectivity index (χ1n) is 12.3. The Balaban J connectivity index is 1.34. The fourth-order valence-electron chi connectivity index (χ4n) is 4.85. The van der Waals surface area contributed by atoms with Crippen LogP contribution in [-0.4, -0.2) is 88.7 Å². The monoisotopic (exact) mass is 702 g/mol. The van der Waals surface area contributed by atoms with E-state index in [1.165, 1.54) is 0 Å². The zero-order valence-corrected chi connectivity index (χ0v) is 25.2. The van der Waals surface area contributed by atoms with E-state index in [4.69, 9.17) is 50.8 Å². The Hall–Kier alpha value is -2.40. The third-order valence-corrected chi connectivity index (χ3v) is 9.96. The molecule has 0 amide bonds. The third-order valence-electron chi connectivity index (χ3n) is 6.80. The largest absolute Gasteiger partial charge is 0.387 e. The molecule has 3 fully saturated rings. The molecule has 3 aromatic heterocycles. The summed E-state index contributed by atoms with van der Waals surface area (Å²) in [7, 11) is 0. The number of aliphatic hydroxyl groups excluding tert-OH is 1. The Morgan fingerprint density at radius 1 is 1.14 bits per heavy atom. The molecule has 3 unspecified atom stereocenters. The fraction of sp³-hybridized carbons (Fsp3) is 0.526. The van der Waals surface area contributed by atoms with E-state index in [9.17, 15) is 24.2 Å². The molecule has 0 radical (unpaired) electrons. The molecule has 2 bridgehead atoms. The molecule has 0 aliphatic carbocycles. The van der Waals surface area contributed by atoms with E-state index in [-0.39, 0.29) is 22.9 Å². The van der Waals surface area contributed by atoms with E-state index >= 15 is 8.78 Å². The van der Waals surface area contributed by atoms with Crippen LogP contribution in [0.25, 0.3) is 11.2 Å². The average Bonchev–Trinajstić information content (AvgIpc) is 3.54. The Morgan fingerprint density at radius 3 is 2.59 bits per heavy atom. The van der Waals surface area contributed by atoms with Crippen molar-refractivity contribution in [2.24, 2.45) is 0 Å². The van der Waals surface area contributed by atoms with Crippen molar-refractivity contribution in [3.63, 3.8) is 0 Å². The van der Waals surface area contributed by atoms with Gasteiger partial charge in [-0.25, -0.2) is 14.3 Å². The molecule has 0 spiro atoms. The number of fused-ring (bicyclic) bond motifs is 4. The lowest BCUT2D eigenvalue weighted by Gasteiger charge is -2.28. The number of thiol groups is 1. The van der Waals surface area contributed by atoms with Gasteiger partial charge in [-0.1, -0.05) is 12.2 Å². The van der Waals surface area contributed by atoms with Gasteiger partial charge in [-0.3, -0.25) is 32.5 Å². The van der Waals surface area contributed by atoms with Gasteiger partial charge >= 0.3 is 25.1 Å². The first-order valence-corrected chi connectivity index (χ1v) is 17.6. The second kappa shape index (κ2) is 11.1. The zero-order valence-electron chi connectivity index (χ0n) is 21.7. The highest BCUT2D eigenvalue weighted by Gasteiger charge is 2.63. The minimum absolute atomic E-state index is 0.104. The summed E-state index contributed by atoms with van der Waals surface area (Å²) in [6.07, 6.45) is -10.7. The van der Waals surface area contributed by atoms with Crippen LogP contribution in [0.4, 0.5) is 20.5 Å². The lowest BCUT2D eigenvalue weighted by atomic mass is 10.1. The number of imidazole rings is 1. The quantitative estimate of drug-likeness (QED) is 0.144. The molecule has 9 atom stereocenters. The van der Waals surface area contributed by atoms with Gasteiger partial charge in [-0.05, 0) is 17.9 Å². The highest BCUT2D eigenvalue weighted by Crippen LogP contribution is 2.59. The van der Waals surface area contributed by atoms with Gasteiger partial charge in [0.05, 0.1) is 19.5 Å². The Kier molecular flexibility index (Phi) is 7.99. The molecule has 6 rings (SSSR count). The van der Waals surface area contributed by atoms with Crippen molar-refractivity contribution in [1.29, 1.82) is 0 Å². The number of nitrogens with zero attached hydrogens (tertiary/aromatic N) is 5. The maximum absolute atomic E-state index is 15.7. The van der Waals surface area contributed by atoms with Gasteiger partial charge in [0.1, 0.15) is 30.2 Å². The van der Waals surface area contributed by atoms with Crippen LogP contribution < -0.4 is 22.7 Å². The molecule has 3 aliphatic heterocycles. The maximum atomic E-state index is 15.7. The van der Waals surface area contributed by atoms with Crippen molar-refractivity contribution in [2.75, 3.05) is 24.7 Å². The summed E-state index contributed by atoms with van der Waals surface area (Å²) in [5, 5.41) is 11.0. The van der Waals surface area contributed by atoms with Gasteiger partial charge in [0.2, 0.25) is 12.2 Å². The number of aliphatic hydroxyl groups is 1. The molecule has 3 saturated heterocycles. The molecule has 0 saturated carbocycles. The SMILES string of the molecule is Nc1ccn([C@@H]2O[C@@H]3COP(=O)(S)O[C@H]4C(O)[C@@H](COP(O)(=S)O[C@@H]3C2(F)F)O[C@H]4n2cnc3c(=O)[nH]c(N)nc32)c(=O)n1. The summed E-state index contributed by atoms with van der Waals surface area (Å²) in [5.41, 5.74) is 8.95. The minimum Gasteiger partial charge on any atom is -0.387 e. The normalized spacial score (nSPS) is 37.6. The number of anilines is 2. The Morgan fingerprint density at radius 2 is 1.86 bits per heavy atom. The number of rotatable bonds is 2. The predicted molar refractivity (Wildman–Crippen MR) is 149 cm³/mol. The van der Waals surface area contributed by atoms with Gasteiger partial charge in [0, 0.05) is 6.20 Å². The second-order valence-corrected chi connectivity index (χ2v) is 15.4. The molecule has 6 heterocycles. The van der Waals surface area contributed by atoms with E-state index < -0.39 is 86.9 Å². The van der Waals surface area contributed by atoms with Crippen molar-refractivity contribution in [3.05, 3.63) is 39.4 Å². The van der Waals surface area contributed by atoms with E-state index in [1.807, 2.05) is 0 Å². The minimum atomic E-state index is -4.58. The van der Waals surface area contributed by atoms with Crippen molar-refractivity contribution in [2.45, 2.75) is 48.9 Å². The van der Waals surface area contributed by atoms with Crippen molar-refractivity contribution in [1.82, 2.24) is 29.1 Å². The maximum Gasteiger partial charge on any atom is 0.386 e. The Bertz CT molecular complexity index is 1830. The molecule has 240 valence electrons. The zero-order chi connectivity index (χ0) is 31.8. The molecule has 25 heteroatoms. The molecule has 3 aromatic rings. The number of alkyl halides is 2. The van der Waals surface area contributed by atoms with Crippen LogP contribution in [0.2, 0.25) is 0 Å². The van der Waals surface area contributed by atoms with Crippen LogP contribution >= 0.6 is 25.8 Å². The number of nitrogens with two attached hydrogens (primary N) is 2. The van der Waals surface area contributed by atoms with Crippen molar-refractivity contribution < 1.29 is 50.9 Å². The fourth-order valence-corrected chi connectivity index (χ4v) is 7.73. The number of hydrogen-bond acceptors (Lipinski definition) is 16. The van der Waals surface area contributed by atoms with Gasteiger partial charge in [0.25, 0.3) is 5.56 Å². The summed E-state index contributed by atoms with van der Waals surface area (Å²) in [6, 6.07) is 1.07. The van der Waals surface area contributed by atoms with Gasteiger partial charge in [-0.2, -0.15) is 18.7 Å². The number of H-pyrrole nitrogens is 1. The standard InChI is InChI=1S/C19H22F2N8O11P2S2/c20-19(21)12-7(38-16(19)28-2-1-8(22)25-18(28)32)4-36-41(33,43)39-11-10(30)6(3-35-42(34,44)40-12)37-15(11)29-5-24-9-13(29)26-17(23)27-14(9)31/h1-2,5-7,10-12,15-16,30H,3-4H2,(H,33,43)(H,34,44)(H2,22,25,32)(H3,23,26,27,31)/t6-,7-,10?,11+,12+,15-,16-,41?,42?/m1/s1. The number of hydrogen-bond donors (Lipinski definition) is 6. The first-order chi connectivity index (χ1) is 20.6. The van der Waals surface area contributed by atoms with E-state index in [1.54, 1.807) is 0 Å². The highest BCUT2D eigenvalue weighted by molar-refractivity contribution is 8.44. The van der Waals surface area contributed by atoms with Crippen LogP contribution in [0.15, 0.2) is 28.2 Å². The molecular formula is C19H22F2N8O11P2S2. The van der Waals surface area contributed by atoms with Crippen molar-refractivity contribution >= 4 is 60.5 Å². The van der Waals surface area contributed by atoms with E-state index in [2.05, 4.69) is 32.2 Å². The lowest BCUT2D eigenvalue weighted by molar-refractivity contribution is -0.138. The van der Waals surface area contributed by atoms with Crippen molar-refractivity contribution in [3.8, 4) is 0 Å². The van der Waals surface area contributed by atoms with Gasteiger partial charge < -0.3 is 35.5 Å². The van der Waals surface area contributed by atoms with E-state index in [0.29, 0.717) is 4.57 Å². The molecule has 19 nitrogen and oxygen atoms in total. The smallest absolute Gasteiger partial charge is 0.386 e. The second-order valence-electron chi connectivity index (χ2n) is 9.70. The third kappa shape index (κ3) is 5.72. The van der Waals surface area contributed by atoms with Crippen LogP contribution in [-0.2, 0) is 43.9 Å². The van der Waals surface area contributed by atoms with Crippen LogP contribution in [0.3, 0.4) is 0 Å². The summed E-state index contributed by atoms with van der Waals surface area (Å²) >= 11 is 8.88. The van der Waals surface area contributed by atoms with Gasteiger partial charge in [0.15, 0.2) is 23.5 Å². The number of aromatic nitrogens is 6. The highest BCUT2D eigenvalue weighted by atomic mass is 32.7. The van der Waals surface area contributed by atoms with E-state index in [0.717, 1.165) is 23.2 Å². The molecular weight excluding hydrogens is 680 g/mol. The molecule has 3 aliphatic rings. The topological polar surface area (TPSA) is 263 Å². The van der Waals surface area contributed by atoms with Crippen LogP contribution in [0.1, 0.15) is 12.5 Å².